The molecule has 2 bridgehead atoms. The molecule has 7 aliphatic rings. The number of hydrogen-bond donors (Lipinski definition) is 3. The van der Waals surface area contributed by atoms with E-state index in [4.69, 9.17) is 28.1 Å². The summed E-state index contributed by atoms with van der Waals surface area (Å²) in [6, 6.07) is 2.97. The first-order valence-corrected chi connectivity index (χ1v) is 15.3. The zero-order valence-corrected chi connectivity index (χ0v) is 24.4. The lowest BCUT2D eigenvalue weighted by molar-refractivity contribution is -0.351. The molecule has 230 valence electrons. The fraction of sp³-hybridized carbons (Fsp3) is 0.806. The number of carbonyl (C=O) groups is 1. The Bertz CT molecular complexity index is 1360. The van der Waals surface area contributed by atoms with Crippen LogP contribution < -0.4 is 5.63 Å². The minimum atomic E-state index is -1.53. The molecule has 42 heavy (non-hydrogen) atoms. The number of rotatable bonds is 2. The van der Waals surface area contributed by atoms with E-state index in [9.17, 15) is 24.9 Å². The first-order chi connectivity index (χ1) is 19.8. The molecule has 0 aromatic carbocycles. The number of Topliss-reactive ketones (excluding diaryl/α,β-unsaturated/α-hetero) is 1. The van der Waals surface area contributed by atoms with Crippen LogP contribution >= 0.6 is 0 Å². The lowest BCUT2D eigenvalue weighted by Gasteiger charge is -2.63. The van der Waals surface area contributed by atoms with Crippen molar-refractivity contribution in [1.29, 1.82) is 0 Å². The van der Waals surface area contributed by atoms with Gasteiger partial charge in [-0.3, -0.25) is 4.79 Å². The van der Waals surface area contributed by atoms with Crippen LogP contribution in [0.3, 0.4) is 0 Å². The van der Waals surface area contributed by atoms with Gasteiger partial charge in [-0.2, -0.15) is 0 Å². The third kappa shape index (κ3) is 3.09. The van der Waals surface area contributed by atoms with Crippen LogP contribution in [0.4, 0.5) is 0 Å². The molecule has 4 saturated carbocycles. The Morgan fingerprint density at radius 3 is 2.52 bits per heavy atom. The number of aliphatic hydroxyl groups is 3. The summed E-state index contributed by atoms with van der Waals surface area (Å²) in [5.41, 5.74) is -4.45. The summed E-state index contributed by atoms with van der Waals surface area (Å²) < 4.78 is 36.5. The molecule has 4 heterocycles. The van der Waals surface area contributed by atoms with Crippen molar-refractivity contribution in [2.24, 2.45) is 22.7 Å². The second kappa shape index (κ2) is 8.51. The van der Waals surface area contributed by atoms with Crippen LogP contribution in [0.25, 0.3) is 0 Å². The molecule has 1 aromatic heterocycles. The minimum absolute atomic E-state index is 0.00925. The Balaban J connectivity index is 1.18. The van der Waals surface area contributed by atoms with Crippen molar-refractivity contribution in [2.75, 3.05) is 7.11 Å². The largest absolute Gasteiger partial charge is 0.431 e. The van der Waals surface area contributed by atoms with Gasteiger partial charge in [-0.15, -0.1) is 0 Å². The van der Waals surface area contributed by atoms with Crippen molar-refractivity contribution in [3.63, 3.8) is 0 Å². The molecule has 1 spiro atoms. The molecule has 0 radical (unpaired) electrons. The van der Waals surface area contributed by atoms with E-state index in [0.29, 0.717) is 44.1 Å². The molecule has 11 nitrogen and oxygen atoms in total. The van der Waals surface area contributed by atoms with Gasteiger partial charge in [-0.05, 0) is 68.9 Å². The summed E-state index contributed by atoms with van der Waals surface area (Å²) in [6.07, 6.45) is -0.738. The molecule has 11 heteroatoms. The molecule has 3 aliphatic heterocycles. The molecule has 8 rings (SSSR count). The van der Waals surface area contributed by atoms with Crippen LogP contribution in [-0.2, 0) is 28.5 Å². The van der Waals surface area contributed by atoms with Gasteiger partial charge in [-0.1, -0.05) is 6.92 Å². The Morgan fingerprint density at radius 2 is 1.81 bits per heavy atom. The third-order valence-electron chi connectivity index (χ3n) is 12.8. The van der Waals surface area contributed by atoms with Gasteiger partial charge < -0.3 is 43.4 Å². The molecule has 3 N–H and O–H groups in total. The topological polar surface area (TPSA) is 157 Å². The summed E-state index contributed by atoms with van der Waals surface area (Å²) in [5, 5.41) is 35.9. The second-order valence-electron chi connectivity index (χ2n) is 14.4. The maximum absolute atomic E-state index is 14.4. The first-order valence-electron chi connectivity index (χ1n) is 15.3. The highest BCUT2D eigenvalue weighted by Crippen LogP contribution is 2.77. The van der Waals surface area contributed by atoms with E-state index in [0.717, 1.165) is 0 Å². The van der Waals surface area contributed by atoms with Crippen LogP contribution in [0.1, 0.15) is 70.8 Å². The molecule has 3 saturated heterocycles. The lowest BCUT2D eigenvalue weighted by Crippen LogP contribution is -2.76. The standard InChI is InChI=1S/C31H40O11/c1-14-11-29(37-4)25(35)26(39-14)40-18-9-16-10-20-31(42-20)23(27(16,2)12-19(18)41-29)22(33)24(34)28(3)17(7-8-30(28,31)36)15-5-6-21(32)38-13-15/h5-6,13-14,16-20,22-23,25-26,33,35-36H,7-12H2,1-4H3/t14-,16-,17+,18+,19+,20-,22-,23-,25-,26-,27-,28-,29+,30+,31-/m0/s1. The van der Waals surface area contributed by atoms with Crippen molar-refractivity contribution in [2.45, 2.75) is 125 Å². The summed E-state index contributed by atoms with van der Waals surface area (Å²) >= 11 is 0. The molecular formula is C31H40O11. The molecule has 1 aromatic rings. The highest BCUT2D eigenvalue weighted by Gasteiger charge is 2.88. The second-order valence-corrected chi connectivity index (χ2v) is 14.4. The summed E-state index contributed by atoms with van der Waals surface area (Å²) in [7, 11) is 1.51. The number of methoxy groups -OCH3 is 1. The fourth-order valence-corrected chi connectivity index (χ4v) is 10.8. The summed E-state index contributed by atoms with van der Waals surface area (Å²) in [5.74, 6) is -2.82. The summed E-state index contributed by atoms with van der Waals surface area (Å²) in [6.45, 7) is 5.71. The number of fused-ring (bicyclic) bond motifs is 6. The molecule has 0 amide bonds. The molecule has 15 atom stereocenters. The van der Waals surface area contributed by atoms with E-state index in [-0.39, 0.29) is 24.2 Å². The predicted molar refractivity (Wildman–Crippen MR) is 142 cm³/mol. The Hall–Kier alpha value is -1.70. The number of carbonyl (C=O) groups excluding carboxylic acids is 1. The maximum Gasteiger partial charge on any atom is 0.335 e. The molecule has 0 unspecified atom stereocenters. The molecule has 7 fully saturated rings. The van der Waals surface area contributed by atoms with Crippen LogP contribution in [0.5, 0.6) is 0 Å². The number of ether oxygens (including phenoxy) is 5. The predicted octanol–water partition coefficient (Wildman–Crippen LogP) is 1.39. The van der Waals surface area contributed by atoms with Gasteiger partial charge in [0.2, 0.25) is 5.79 Å². The van der Waals surface area contributed by atoms with Crippen molar-refractivity contribution < 1.29 is 48.2 Å². The van der Waals surface area contributed by atoms with Crippen molar-refractivity contribution >= 4 is 5.78 Å². The number of ketones is 1. The van der Waals surface area contributed by atoms with Gasteiger partial charge in [0.15, 0.2) is 18.2 Å². The number of hydrogen-bond acceptors (Lipinski definition) is 11. The van der Waals surface area contributed by atoms with Gasteiger partial charge in [0, 0.05) is 31.4 Å². The zero-order valence-electron chi connectivity index (χ0n) is 24.4. The van der Waals surface area contributed by atoms with E-state index in [2.05, 4.69) is 6.92 Å². The zero-order chi connectivity index (χ0) is 29.6. The van der Waals surface area contributed by atoms with Crippen molar-refractivity contribution in [3.8, 4) is 0 Å². The molecule has 4 aliphatic carbocycles. The lowest BCUT2D eigenvalue weighted by atomic mass is 9.41. The van der Waals surface area contributed by atoms with E-state index in [1.54, 1.807) is 13.0 Å². The molecular weight excluding hydrogens is 548 g/mol. The van der Waals surface area contributed by atoms with E-state index in [1.807, 2.05) is 6.92 Å². The Morgan fingerprint density at radius 1 is 1.02 bits per heavy atom. The van der Waals surface area contributed by atoms with Crippen LogP contribution in [0, 0.1) is 22.7 Å². The van der Waals surface area contributed by atoms with Gasteiger partial charge >= 0.3 is 5.63 Å². The Kier molecular flexibility index (Phi) is 5.64. The van der Waals surface area contributed by atoms with Gasteiger partial charge in [-0.25, -0.2) is 4.79 Å². The fourth-order valence-electron chi connectivity index (χ4n) is 10.8. The minimum Gasteiger partial charge on any atom is -0.431 e. The monoisotopic (exact) mass is 588 g/mol. The number of epoxide rings is 1. The highest BCUT2D eigenvalue weighted by atomic mass is 16.8. The van der Waals surface area contributed by atoms with Gasteiger partial charge in [0.05, 0.1) is 36.1 Å². The average molecular weight is 589 g/mol. The first kappa shape index (κ1) is 27.8. The maximum atomic E-state index is 14.4. The van der Waals surface area contributed by atoms with Crippen LogP contribution in [0.15, 0.2) is 27.6 Å². The smallest absolute Gasteiger partial charge is 0.335 e. The SMILES string of the molecule is CO[C@]12C[C@H](C)O[C@@H](O[C@@H]3C[C@H]4C[C@@H]5O[C@]56[C@@H]([C@H](O)C(=O)[C@]5(C)[C@@H](c7ccc(=O)oc7)CC[C@]65O)[C@@]4(C)C[C@H]3O1)[C@@H]2O. The number of aliphatic hydroxyl groups excluding tert-OH is 2. The third-order valence-corrected chi connectivity index (χ3v) is 12.8. The van der Waals surface area contributed by atoms with E-state index < -0.39 is 75.7 Å². The van der Waals surface area contributed by atoms with Crippen molar-refractivity contribution in [1.82, 2.24) is 0 Å². The Labute approximate surface area is 243 Å². The van der Waals surface area contributed by atoms with Gasteiger partial charge in [0.25, 0.3) is 0 Å². The van der Waals surface area contributed by atoms with E-state index >= 15 is 0 Å². The van der Waals surface area contributed by atoms with Crippen LogP contribution in [0.2, 0.25) is 0 Å². The normalized spacial score (nSPS) is 57.6. The highest BCUT2D eigenvalue weighted by molar-refractivity contribution is 5.94. The van der Waals surface area contributed by atoms with E-state index in [1.165, 1.54) is 19.4 Å². The van der Waals surface area contributed by atoms with Gasteiger partial charge in [0.1, 0.15) is 17.3 Å². The average Bonchev–Trinajstić information content (AvgIpc) is 3.61. The summed E-state index contributed by atoms with van der Waals surface area (Å²) in [4.78, 5) is 26.1. The quantitative estimate of drug-likeness (QED) is 0.339. The van der Waals surface area contributed by atoms with Crippen molar-refractivity contribution in [3.05, 3.63) is 34.4 Å². The van der Waals surface area contributed by atoms with Crippen LogP contribution in [-0.4, -0.2) is 88.1 Å².